The van der Waals surface area contributed by atoms with Gasteiger partial charge in [0.05, 0.1) is 9.89 Å². The summed E-state index contributed by atoms with van der Waals surface area (Å²) in [7, 11) is 1.84. The molecule has 1 rings (SSSR count). The Bertz CT molecular complexity index is 239. The van der Waals surface area contributed by atoms with Crippen LogP contribution < -0.4 is 5.32 Å². The summed E-state index contributed by atoms with van der Waals surface area (Å²) in [6.45, 7) is 0.648. The van der Waals surface area contributed by atoms with Crippen molar-refractivity contribution in [3.8, 4) is 0 Å². The van der Waals surface area contributed by atoms with Crippen molar-refractivity contribution in [3.63, 3.8) is 0 Å². The lowest BCUT2D eigenvalue weighted by atomic mass is 10.2. The van der Waals surface area contributed by atoms with Gasteiger partial charge in [0.1, 0.15) is 0 Å². The molecule has 12 heavy (non-hydrogen) atoms. The highest BCUT2D eigenvalue weighted by molar-refractivity contribution is 9.11. The van der Waals surface area contributed by atoms with E-state index >= 15 is 0 Å². The molecule has 0 spiro atoms. The summed E-state index contributed by atoms with van der Waals surface area (Å²) in [5, 5.41) is 12.4. The minimum atomic E-state index is -0.277. The molecule has 0 amide bonds. The zero-order valence-corrected chi connectivity index (χ0v) is 9.28. The van der Waals surface area contributed by atoms with Crippen molar-refractivity contribution in [1.82, 2.24) is 5.32 Å². The zero-order chi connectivity index (χ0) is 8.97. The third-order valence-corrected chi connectivity index (χ3v) is 3.15. The van der Waals surface area contributed by atoms with Crippen molar-refractivity contribution in [2.45, 2.75) is 12.5 Å². The predicted molar refractivity (Wildman–Crippen MR) is 55.7 cm³/mol. The van der Waals surface area contributed by atoms with Gasteiger partial charge in [0.2, 0.25) is 0 Å². The Hall–Kier alpha value is 0.1000. The average molecular weight is 250 g/mol. The molecule has 4 heteroatoms. The molecule has 0 aliphatic rings. The van der Waals surface area contributed by atoms with E-state index in [-0.39, 0.29) is 6.10 Å². The van der Waals surface area contributed by atoms with Gasteiger partial charge in [-0.2, -0.15) is 0 Å². The van der Waals surface area contributed by atoms with Crippen LogP contribution in [0.4, 0.5) is 0 Å². The van der Waals surface area contributed by atoms with E-state index in [9.17, 15) is 5.11 Å². The number of aliphatic hydroxyl groups is 1. The molecule has 68 valence electrons. The Morgan fingerprint density at radius 1 is 1.67 bits per heavy atom. The number of hydrogen-bond acceptors (Lipinski definition) is 3. The van der Waals surface area contributed by atoms with Crippen LogP contribution >= 0.6 is 27.3 Å². The number of halogens is 1. The largest absolute Gasteiger partial charge is 0.391 e. The van der Waals surface area contributed by atoms with Crippen molar-refractivity contribution >= 4 is 27.3 Å². The Morgan fingerprint density at radius 3 is 2.92 bits per heavy atom. The highest BCUT2D eigenvalue weighted by Gasteiger charge is 2.05. The fraction of sp³-hybridized carbons (Fsp3) is 0.500. The van der Waals surface area contributed by atoms with Crippen LogP contribution in [0.15, 0.2) is 15.9 Å². The highest BCUT2D eigenvalue weighted by Crippen LogP contribution is 2.22. The molecule has 2 nitrogen and oxygen atoms in total. The van der Waals surface area contributed by atoms with Gasteiger partial charge >= 0.3 is 0 Å². The van der Waals surface area contributed by atoms with E-state index < -0.39 is 0 Å². The van der Waals surface area contributed by atoms with Gasteiger partial charge in [-0.25, -0.2) is 0 Å². The van der Waals surface area contributed by atoms with Gasteiger partial charge in [-0.15, -0.1) is 11.3 Å². The van der Waals surface area contributed by atoms with Gasteiger partial charge in [0, 0.05) is 17.8 Å². The van der Waals surface area contributed by atoms with E-state index in [1.807, 2.05) is 19.2 Å². The summed E-state index contributed by atoms with van der Waals surface area (Å²) in [5.74, 6) is 0. The Balaban J connectivity index is 2.41. The van der Waals surface area contributed by atoms with Crippen LogP contribution in [-0.4, -0.2) is 24.8 Å². The van der Waals surface area contributed by atoms with Crippen molar-refractivity contribution < 1.29 is 5.11 Å². The van der Waals surface area contributed by atoms with Crippen molar-refractivity contribution in [2.75, 3.05) is 13.6 Å². The monoisotopic (exact) mass is 249 g/mol. The lowest BCUT2D eigenvalue weighted by Gasteiger charge is -2.06. The van der Waals surface area contributed by atoms with E-state index in [4.69, 9.17) is 0 Å². The summed E-state index contributed by atoms with van der Waals surface area (Å²) in [6.07, 6.45) is 0.456. The molecule has 0 bridgehead atoms. The molecular formula is C8H12BrNOS. The van der Waals surface area contributed by atoms with Crippen LogP contribution in [0.25, 0.3) is 0 Å². The second-order valence-corrected chi connectivity index (χ2v) is 5.17. The van der Waals surface area contributed by atoms with Crippen LogP contribution in [-0.2, 0) is 6.42 Å². The molecule has 0 aliphatic carbocycles. The van der Waals surface area contributed by atoms with E-state index in [0.717, 1.165) is 10.2 Å². The normalized spacial score (nSPS) is 13.2. The second kappa shape index (κ2) is 4.97. The third kappa shape index (κ3) is 3.23. The standard InChI is InChI=1S/C8H12BrNOS/c1-10-5-6(11)4-7-2-3-8(9)12-7/h2-3,6,10-11H,4-5H2,1H3. The topological polar surface area (TPSA) is 32.3 Å². The van der Waals surface area contributed by atoms with Crippen molar-refractivity contribution in [3.05, 3.63) is 20.8 Å². The fourth-order valence-electron chi connectivity index (χ4n) is 1.00. The number of likely N-dealkylation sites (N-methyl/N-ethyl adjacent to an activating group) is 1. The Morgan fingerprint density at radius 2 is 2.42 bits per heavy atom. The van der Waals surface area contributed by atoms with Crippen LogP contribution in [0.3, 0.4) is 0 Å². The second-order valence-electron chi connectivity index (χ2n) is 2.62. The number of aliphatic hydroxyl groups excluding tert-OH is 1. The molecule has 0 fully saturated rings. The minimum Gasteiger partial charge on any atom is -0.391 e. The fourth-order valence-corrected chi connectivity index (χ4v) is 2.56. The van der Waals surface area contributed by atoms with Crippen LogP contribution in [0.5, 0.6) is 0 Å². The molecule has 0 saturated carbocycles. The molecule has 1 atom stereocenters. The van der Waals surface area contributed by atoms with E-state index in [2.05, 4.69) is 21.2 Å². The molecule has 2 N–H and O–H groups in total. The Labute approximate surface area is 84.7 Å². The third-order valence-electron chi connectivity index (χ3n) is 1.51. The first-order valence-corrected chi connectivity index (χ1v) is 5.40. The van der Waals surface area contributed by atoms with E-state index in [0.29, 0.717) is 6.54 Å². The first-order valence-electron chi connectivity index (χ1n) is 3.79. The van der Waals surface area contributed by atoms with Gasteiger partial charge in [-0.3, -0.25) is 0 Å². The summed E-state index contributed by atoms with van der Waals surface area (Å²) in [4.78, 5) is 1.21. The molecule has 0 saturated heterocycles. The number of rotatable bonds is 4. The number of thiophene rings is 1. The average Bonchev–Trinajstić information content (AvgIpc) is 2.36. The number of nitrogens with one attached hydrogen (secondary N) is 1. The summed E-state index contributed by atoms with van der Waals surface area (Å²) in [6, 6.07) is 4.04. The number of hydrogen-bond donors (Lipinski definition) is 2. The highest BCUT2D eigenvalue weighted by atomic mass is 79.9. The molecule has 0 aromatic carbocycles. The van der Waals surface area contributed by atoms with E-state index in [1.165, 1.54) is 4.88 Å². The smallest absolute Gasteiger partial charge is 0.0712 e. The molecule has 1 aromatic heterocycles. The predicted octanol–water partition coefficient (Wildman–Crippen LogP) is 1.63. The van der Waals surface area contributed by atoms with Crippen LogP contribution in [0.1, 0.15) is 4.88 Å². The summed E-state index contributed by atoms with van der Waals surface area (Å²) >= 11 is 5.05. The molecule has 0 aliphatic heterocycles. The Kier molecular flexibility index (Phi) is 4.21. The molecule has 1 heterocycles. The van der Waals surface area contributed by atoms with Crippen molar-refractivity contribution in [2.24, 2.45) is 0 Å². The van der Waals surface area contributed by atoms with Gasteiger partial charge in [-0.1, -0.05) is 0 Å². The summed E-state index contributed by atoms with van der Waals surface area (Å²) in [5.41, 5.74) is 0. The lowest BCUT2D eigenvalue weighted by Crippen LogP contribution is -2.24. The molecular weight excluding hydrogens is 238 g/mol. The van der Waals surface area contributed by atoms with Crippen LogP contribution in [0, 0.1) is 0 Å². The SMILES string of the molecule is CNCC(O)Cc1ccc(Br)s1. The maximum atomic E-state index is 9.44. The first kappa shape index (κ1) is 10.2. The lowest BCUT2D eigenvalue weighted by molar-refractivity contribution is 0.175. The van der Waals surface area contributed by atoms with Gasteiger partial charge in [0.25, 0.3) is 0 Å². The molecule has 0 radical (unpaired) electrons. The van der Waals surface area contributed by atoms with Gasteiger partial charge in [0.15, 0.2) is 0 Å². The maximum Gasteiger partial charge on any atom is 0.0712 e. The first-order chi connectivity index (χ1) is 5.72. The molecule has 1 aromatic rings. The van der Waals surface area contributed by atoms with Gasteiger partial charge in [-0.05, 0) is 35.1 Å². The van der Waals surface area contributed by atoms with E-state index in [1.54, 1.807) is 11.3 Å². The minimum absolute atomic E-state index is 0.277. The van der Waals surface area contributed by atoms with Gasteiger partial charge < -0.3 is 10.4 Å². The zero-order valence-electron chi connectivity index (χ0n) is 6.88. The molecule has 1 unspecified atom stereocenters. The van der Waals surface area contributed by atoms with Crippen molar-refractivity contribution in [1.29, 1.82) is 0 Å². The summed E-state index contributed by atoms with van der Waals surface area (Å²) < 4.78 is 1.12. The maximum absolute atomic E-state index is 9.44. The quantitative estimate of drug-likeness (QED) is 0.851. The van der Waals surface area contributed by atoms with Crippen LogP contribution in [0.2, 0.25) is 0 Å².